The van der Waals surface area contributed by atoms with Crippen molar-refractivity contribution in [3.05, 3.63) is 30.1 Å². The van der Waals surface area contributed by atoms with E-state index in [4.69, 9.17) is 0 Å². The Hall–Kier alpha value is -1.66. The quantitative estimate of drug-likeness (QED) is 0.846. The molecule has 6 nitrogen and oxygen atoms in total. The molecule has 1 saturated heterocycles. The minimum absolute atomic E-state index is 0.0157. The summed E-state index contributed by atoms with van der Waals surface area (Å²) in [5, 5.41) is 6.40. The molecule has 144 valence electrons. The zero-order valence-electron chi connectivity index (χ0n) is 16.2. The number of amides is 2. The predicted octanol–water partition coefficient (Wildman–Crippen LogP) is 2.22. The molecule has 0 aromatic carbocycles. The molecule has 2 amide bonds. The fraction of sp³-hybridized carbons (Fsp3) is 0.700. The molecule has 0 radical (unpaired) electrons. The summed E-state index contributed by atoms with van der Waals surface area (Å²) >= 11 is 0. The molecule has 2 aliphatic rings. The molecule has 3 rings (SSSR count). The second-order valence-electron chi connectivity index (χ2n) is 8.00. The van der Waals surface area contributed by atoms with Gasteiger partial charge in [-0.25, -0.2) is 4.79 Å². The topological polar surface area (TPSA) is 60.5 Å². The third-order valence-corrected chi connectivity index (χ3v) is 5.79. The third kappa shape index (κ3) is 5.68. The lowest BCUT2D eigenvalue weighted by molar-refractivity contribution is 0.177. The molecule has 1 aromatic rings. The highest BCUT2D eigenvalue weighted by molar-refractivity contribution is 5.74. The molecule has 1 saturated carbocycles. The van der Waals surface area contributed by atoms with Crippen LogP contribution in [0.1, 0.15) is 44.1 Å². The van der Waals surface area contributed by atoms with E-state index in [1.807, 2.05) is 12.4 Å². The monoisotopic (exact) mass is 359 g/mol. The number of carbonyl (C=O) groups excluding carboxylic acids is 1. The lowest BCUT2D eigenvalue weighted by Gasteiger charge is -2.35. The minimum atomic E-state index is 0.0157. The second kappa shape index (κ2) is 9.33. The molecule has 1 aliphatic carbocycles. The molecule has 2 N–H and O–H groups in total. The van der Waals surface area contributed by atoms with Gasteiger partial charge in [0.2, 0.25) is 0 Å². The Morgan fingerprint density at radius 1 is 1.12 bits per heavy atom. The number of hydrogen-bond acceptors (Lipinski definition) is 4. The van der Waals surface area contributed by atoms with Gasteiger partial charge >= 0.3 is 6.03 Å². The van der Waals surface area contributed by atoms with Crippen molar-refractivity contribution in [3.8, 4) is 0 Å². The van der Waals surface area contributed by atoms with Crippen LogP contribution in [0.2, 0.25) is 0 Å². The molecular formula is C20H33N5O. The van der Waals surface area contributed by atoms with Crippen LogP contribution in [0, 0.1) is 0 Å². The first-order valence-electron chi connectivity index (χ1n) is 9.95. The molecule has 0 bridgehead atoms. The maximum absolute atomic E-state index is 12.4. The Kier molecular flexibility index (Phi) is 6.86. The number of hydrogen-bond donors (Lipinski definition) is 2. The van der Waals surface area contributed by atoms with Gasteiger partial charge in [0.25, 0.3) is 0 Å². The van der Waals surface area contributed by atoms with Gasteiger partial charge in [-0.05, 0) is 70.3 Å². The number of nitrogens with zero attached hydrogens (tertiary/aromatic N) is 3. The molecule has 2 unspecified atom stereocenters. The fourth-order valence-electron chi connectivity index (χ4n) is 4.16. The van der Waals surface area contributed by atoms with Gasteiger partial charge in [0.15, 0.2) is 0 Å². The lowest BCUT2D eigenvalue weighted by Crippen LogP contribution is -2.51. The Balaban J connectivity index is 1.37. The van der Waals surface area contributed by atoms with Crippen molar-refractivity contribution in [2.24, 2.45) is 0 Å². The average molecular weight is 360 g/mol. The van der Waals surface area contributed by atoms with Crippen LogP contribution in [0.5, 0.6) is 0 Å². The first kappa shape index (κ1) is 19.1. The van der Waals surface area contributed by atoms with E-state index in [-0.39, 0.29) is 12.1 Å². The van der Waals surface area contributed by atoms with Crippen molar-refractivity contribution < 1.29 is 4.79 Å². The van der Waals surface area contributed by atoms with Crippen LogP contribution in [0.3, 0.4) is 0 Å². The second-order valence-corrected chi connectivity index (χ2v) is 8.00. The van der Waals surface area contributed by atoms with Crippen LogP contribution in [0.25, 0.3) is 0 Å². The summed E-state index contributed by atoms with van der Waals surface area (Å²) in [5.74, 6) is 0. The highest BCUT2D eigenvalue weighted by Crippen LogP contribution is 2.21. The first-order valence-corrected chi connectivity index (χ1v) is 9.95. The van der Waals surface area contributed by atoms with Gasteiger partial charge in [0.05, 0.1) is 0 Å². The number of pyridine rings is 1. The van der Waals surface area contributed by atoms with E-state index in [1.54, 1.807) is 0 Å². The van der Waals surface area contributed by atoms with Crippen molar-refractivity contribution in [3.63, 3.8) is 0 Å². The lowest BCUT2D eigenvalue weighted by atomic mass is 9.90. The largest absolute Gasteiger partial charge is 0.335 e. The van der Waals surface area contributed by atoms with E-state index in [0.717, 1.165) is 45.3 Å². The Labute approximate surface area is 157 Å². The van der Waals surface area contributed by atoms with Crippen LogP contribution < -0.4 is 10.6 Å². The molecule has 2 fully saturated rings. The molecule has 0 spiro atoms. The van der Waals surface area contributed by atoms with Gasteiger partial charge in [0.1, 0.15) is 0 Å². The number of aromatic nitrogens is 1. The van der Waals surface area contributed by atoms with E-state index in [0.29, 0.717) is 12.1 Å². The molecule has 6 heteroatoms. The maximum Gasteiger partial charge on any atom is 0.315 e. The van der Waals surface area contributed by atoms with Crippen LogP contribution in [0.4, 0.5) is 4.79 Å². The van der Waals surface area contributed by atoms with E-state index in [1.165, 1.54) is 18.4 Å². The summed E-state index contributed by atoms with van der Waals surface area (Å²) in [6.07, 6.45) is 10.3. The predicted molar refractivity (Wildman–Crippen MR) is 104 cm³/mol. The fourth-order valence-corrected chi connectivity index (χ4v) is 4.16. The Morgan fingerprint density at radius 2 is 1.81 bits per heavy atom. The van der Waals surface area contributed by atoms with Crippen molar-refractivity contribution in [1.82, 2.24) is 25.4 Å². The zero-order valence-corrected chi connectivity index (χ0v) is 16.2. The van der Waals surface area contributed by atoms with Gasteiger partial charge in [-0.1, -0.05) is 0 Å². The number of urea groups is 1. The summed E-state index contributed by atoms with van der Waals surface area (Å²) in [4.78, 5) is 21.2. The summed E-state index contributed by atoms with van der Waals surface area (Å²) < 4.78 is 0. The number of carbonyl (C=O) groups is 1. The summed E-state index contributed by atoms with van der Waals surface area (Å²) in [6, 6.07) is 5.35. The normalized spacial score (nSPS) is 25.2. The maximum atomic E-state index is 12.4. The van der Waals surface area contributed by atoms with E-state index < -0.39 is 0 Å². The van der Waals surface area contributed by atoms with Crippen molar-refractivity contribution in [1.29, 1.82) is 0 Å². The van der Waals surface area contributed by atoms with Crippen LogP contribution in [-0.4, -0.2) is 66.1 Å². The van der Waals surface area contributed by atoms with Gasteiger partial charge in [-0.2, -0.15) is 0 Å². The van der Waals surface area contributed by atoms with Gasteiger partial charge in [-0.15, -0.1) is 0 Å². The average Bonchev–Trinajstić information content (AvgIpc) is 2.64. The number of nitrogens with one attached hydrogen (secondary N) is 2. The number of piperidine rings is 1. The zero-order chi connectivity index (χ0) is 18.4. The Bertz CT molecular complexity index is 557. The summed E-state index contributed by atoms with van der Waals surface area (Å²) in [6.45, 7) is 3.02. The van der Waals surface area contributed by atoms with Crippen LogP contribution >= 0.6 is 0 Å². The highest BCUT2D eigenvalue weighted by Gasteiger charge is 2.26. The van der Waals surface area contributed by atoms with Crippen molar-refractivity contribution in [2.45, 2.75) is 63.2 Å². The van der Waals surface area contributed by atoms with Crippen molar-refractivity contribution >= 4 is 6.03 Å². The number of rotatable bonds is 5. The minimum Gasteiger partial charge on any atom is -0.335 e. The third-order valence-electron chi connectivity index (χ3n) is 5.79. The van der Waals surface area contributed by atoms with Crippen LogP contribution in [-0.2, 0) is 6.54 Å². The SMILES string of the molecule is CN(C)C1CCCC(NC(=O)NC2CCN(Cc3ccncc3)CC2)C1. The Morgan fingerprint density at radius 3 is 2.50 bits per heavy atom. The van der Waals surface area contributed by atoms with Gasteiger partial charge in [0, 0.05) is 50.2 Å². The molecule has 1 aliphatic heterocycles. The molecular weight excluding hydrogens is 326 g/mol. The first-order chi connectivity index (χ1) is 12.6. The highest BCUT2D eigenvalue weighted by atomic mass is 16.2. The molecule has 2 heterocycles. The van der Waals surface area contributed by atoms with Crippen molar-refractivity contribution in [2.75, 3.05) is 27.2 Å². The van der Waals surface area contributed by atoms with Crippen LogP contribution in [0.15, 0.2) is 24.5 Å². The summed E-state index contributed by atoms with van der Waals surface area (Å²) in [7, 11) is 4.26. The van der Waals surface area contributed by atoms with Gasteiger partial charge < -0.3 is 15.5 Å². The van der Waals surface area contributed by atoms with E-state index in [9.17, 15) is 4.79 Å². The van der Waals surface area contributed by atoms with Gasteiger partial charge in [-0.3, -0.25) is 9.88 Å². The smallest absolute Gasteiger partial charge is 0.315 e. The van der Waals surface area contributed by atoms with E-state index in [2.05, 4.69) is 51.6 Å². The standard InChI is InChI=1S/C20H33N5O/c1-24(2)19-5-3-4-18(14-19)23-20(26)22-17-8-12-25(13-9-17)15-16-6-10-21-11-7-16/h6-7,10-11,17-19H,3-5,8-9,12-15H2,1-2H3,(H2,22,23,26). The molecule has 1 aromatic heterocycles. The summed E-state index contributed by atoms with van der Waals surface area (Å²) in [5.41, 5.74) is 1.30. The van der Waals surface area contributed by atoms with E-state index >= 15 is 0 Å². The number of likely N-dealkylation sites (tertiary alicyclic amines) is 1. The molecule has 2 atom stereocenters. The molecule has 26 heavy (non-hydrogen) atoms.